The zero-order valence-electron chi connectivity index (χ0n) is 11.9. The van der Waals surface area contributed by atoms with Crippen LogP contribution >= 0.6 is 0 Å². The van der Waals surface area contributed by atoms with E-state index in [1.165, 1.54) is 5.56 Å². The summed E-state index contributed by atoms with van der Waals surface area (Å²) in [6, 6.07) is 11.8. The van der Waals surface area contributed by atoms with Crippen LogP contribution in [0.2, 0.25) is 0 Å². The fourth-order valence-electron chi connectivity index (χ4n) is 2.26. The zero-order chi connectivity index (χ0) is 14.0. The Hall–Kier alpha value is -1.80. The molecule has 0 aromatic heterocycles. The highest BCUT2D eigenvalue weighted by molar-refractivity contribution is 5.43. The lowest BCUT2D eigenvalue weighted by Crippen LogP contribution is -2.03. The van der Waals surface area contributed by atoms with E-state index >= 15 is 0 Å². The molecule has 1 atom stereocenters. The molecule has 2 aromatic carbocycles. The Bertz CT molecular complexity index is 588. The molecule has 0 aliphatic heterocycles. The Kier molecular flexibility index (Phi) is 3.91. The predicted octanol–water partition coefficient (Wildman–Crippen LogP) is 3.70. The highest BCUT2D eigenvalue weighted by Gasteiger charge is 2.15. The van der Waals surface area contributed by atoms with Crippen molar-refractivity contribution in [1.82, 2.24) is 0 Å². The number of aryl methyl sites for hydroxylation is 2. The summed E-state index contributed by atoms with van der Waals surface area (Å²) in [5.41, 5.74) is 5.20. The average molecular weight is 256 g/mol. The molecule has 0 heterocycles. The van der Waals surface area contributed by atoms with Crippen molar-refractivity contribution < 1.29 is 9.84 Å². The standard InChI is InChI=1S/C17H20O2/c1-11-6-5-7-15(13(11)3)17(18)14-9-8-12(2)16(10-14)19-4/h5-10,17-18H,1-4H3. The molecule has 2 aromatic rings. The summed E-state index contributed by atoms with van der Waals surface area (Å²) in [5, 5.41) is 10.6. The molecule has 2 heteroatoms. The molecular formula is C17H20O2. The van der Waals surface area contributed by atoms with E-state index in [1.807, 2.05) is 44.2 Å². The van der Waals surface area contributed by atoms with E-state index in [0.717, 1.165) is 28.0 Å². The van der Waals surface area contributed by atoms with Gasteiger partial charge in [-0.15, -0.1) is 0 Å². The number of ether oxygens (including phenoxy) is 1. The molecule has 0 aliphatic carbocycles. The van der Waals surface area contributed by atoms with Crippen molar-refractivity contribution in [3.63, 3.8) is 0 Å². The van der Waals surface area contributed by atoms with Crippen molar-refractivity contribution >= 4 is 0 Å². The summed E-state index contributed by atoms with van der Waals surface area (Å²) in [7, 11) is 1.65. The summed E-state index contributed by atoms with van der Waals surface area (Å²) < 4.78 is 5.31. The van der Waals surface area contributed by atoms with Crippen LogP contribution in [-0.2, 0) is 0 Å². The summed E-state index contributed by atoms with van der Waals surface area (Å²) in [4.78, 5) is 0. The first-order valence-corrected chi connectivity index (χ1v) is 6.43. The first kappa shape index (κ1) is 13.6. The van der Waals surface area contributed by atoms with Crippen molar-refractivity contribution in [3.05, 3.63) is 64.2 Å². The number of methoxy groups -OCH3 is 1. The minimum absolute atomic E-state index is 0.616. The molecule has 1 N–H and O–H groups in total. The highest BCUT2D eigenvalue weighted by Crippen LogP contribution is 2.29. The molecule has 0 spiro atoms. The normalized spacial score (nSPS) is 12.3. The van der Waals surface area contributed by atoms with Gasteiger partial charge in [0.15, 0.2) is 0 Å². The Morgan fingerprint density at radius 3 is 2.42 bits per heavy atom. The molecular weight excluding hydrogens is 236 g/mol. The topological polar surface area (TPSA) is 29.5 Å². The van der Waals surface area contributed by atoms with Crippen LogP contribution in [0.25, 0.3) is 0 Å². The molecule has 19 heavy (non-hydrogen) atoms. The molecule has 2 rings (SSSR count). The van der Waals surface area contributed by atoms with Gasteiger partial charge in [-0.05, 0) is 54.7 Å². The van der Waals surface area contributed by atoms with Gasteiger partial charge in [0.1, 0.15) is 11.9 Å². The van der Waals surface area contributed by atoms with Crippen LogP contribution in [0.1, 0.15) is 33.9 Å². The van der Waals surface area contributed by atoms with Crippen LogP contribution in [0, 0.1) is 20.8 Å². The maximum absolute atomic E-state index is 10.6. The fraction of sp³-hybridized carbons (Fsp3) is 0.294. The maximum Gasteiger partial charge on any atom is 0.122 e. The van der Waals surface area contributed by atoms with Gasteiger partial charge in [-0.3, -0.25) is 0 Å². The van der Waals surface area contributed by atoms with Crippen molar-refractivity contribution in [2.75, 3.05) is 7.11 Å². The van der Waals surface area contributed by atoms with Crippen LogP contribution in [0.4, 0.5) is 0 Å². The minimum Gasteiger partial charge on any atom is -0.496 e. The monoisotopic (exact) mass is 256 g/mol. The first-order chi connectivity index (χ1) is 9.04. The second kappa shape index (κ2) is 5.45. The lowest BCUT2D eigenvalue weighted by Gasteiger charge is -2.17. The van der Waals surface area contributed by atoms with Gasteiger partial charge in [0.25, 0.3) is 0 Å². The predicted molar refractivity (Wildman–Crippen MR) is 77.7 cm³/mol. The van der Waals surface area contributed by atoms with Crippen LogP contribution in [0.5, 0.6) is 5.75 Å². The molecule has 0 saturated carbocycles. The third kappa shape index (κ3) is 2.64. The van der Waals surface area contributed by atoms with Crippen molar-refractivity contribution in [2.45, 2.75) is 26.9 Å². The van der Waals surface area contributed by atoms with Gasteiger partial charge in [0, 0.05) is 0 Å². The van der Waals surface area contributed by atoms with Gasteiger partial charge in [0.2, 0.25) is 0 Å². The Morgan fingerprint density at radius 1 is 1.00 bits per heavy atom. The van der Waals surface area contributed by atoms with E-state index < -0.39 is 6.10 Å². The second-order valence-corrected chi connectivity index (χ2v) is 4.92. The Morgan fingerprint density at radius 2 is 1.74 bits per heavy atom. The molecule has 1 unspecified atom stereocenters. The van der Waals surface area contributed by atoms with Gasteiger partial charge in [-0.2, -0.15) is 0 Å². The third-order valence-corrected chi connectivity index (χ3v) is 3.69. The molecule has 0 fully saturated rings. The SMILES string of the molecule is COc1cc(C(O)c2cccc(C)c2C)ccc1C. The molecule has 2 nitrogen and oxygen atoms in total. The number of aliphatic hydroxyl groups is 1. The lowest BCUT2D eigenvalue weighted by molar-refractivity contribution is 0.219. The van der Waals surface area contributed by atoms with E-state index in [2.05, 4.69) is 13.0 Å². The van der Waals surface area contributed by atoms with E-state index in [9.17, 15) is 5.11 Å². The van der Waals surface area contributed by atoms with Crippen molar-refractivity contribution in [2.24, 2.45) is 0 Å². The minimum atomic E-state index is -0.616. The first-order valence-electron chi connectivity index (χ1n) is 6.43. The summed E-state index contributed by atoms with van der Waals surface area (Å²) >= 11 is 0. The Labute approximate surface area is 114 Å². The smallest absolute Gasteiger partial charge is 0.122 e. The summed E-state index contributed by atoms with van der Waals surface area (Å²) in [5.74, 6) is 0.807. The second-order valence-electron chi connectivity index (χ2n) is 4.92. The van der Waals surface area contributed by atoms with Crippen LogP contribution in [0.3, 0.4) is 0 Å². The van der Waals surface area contributed by atoms with E-state index in [4.69, 9.17) is 4.74 Å². The third-order valence-electron chi connectivity index (χ3n) is 3.69. The molecule has 0 bridgehead atoms. The molecule has 100 valence electrons. The fourth-order valence-corrected chi connectivity index (χ4v) is 2.26. The highest BCUT2D eigenvalue weighted by atomic mass is 16.5. The van der Waals surface area contributed by atoms with Gasteiger partial charge in [-0.25, -0.2) is 0 Å². The van der Waals surface area contributed by atoms with Crippen molar-refractivity contribution in [3.8, 4) is 5.75 Å². The van der Waals surface area contributed by atoms with E-state index in [0.29, 0.717) is 0 Å². The number of rotatable bonds is 3. The summed E-state index contributed by atoms with van der Waals surface area (Å²) in [6.45, 7) is 6.09. The lowest BCUT2D eigenvalue weighted by atomic mass is 9.94. The van der Waals surface area contributed by atoms with Gasteiger partial charge in [0.05, 0.1) is 7.11 Å². The number of benzene rings is 2. The van der Waals surface area contributed by atoms with Gasteiger partial charge >= 0.3 is 0 Å². The summed E-state index contributed by atoms with van der Waals surface area (Å²) in [6.07, 6.45) is -0.616. The molecule has 0 aliphatic rings. The molecule has 0 amide bonds. The van der Waals surface area contributed by atoms with Crippen LogP contribution in [0.15, 0.2) is 36.4 Å². The quantitative estimate of drug-likeness (QED) is 0.907. The number of aliphatic hydroxyl groups excluding tert-OH is 1. The number of hydrogen-bond donors (Lipinski definition) is 1. The largest absolute Gasteiger partial charge is 0.496 e. The van der Waals surface area contributed by atoms with E-state index in [-0.39, 0.29) is 0 Å². The average Bonchev–Trinajstić information content (AvgIpc) is 2.41. The molecule has 0 radical (unpaired) electrons. The Balaban J connectivity index is 2.44. The van der Waals surface area contributed by atoms with Crippen LogP contribution in [-0.4, -0.2) is 12.2 Å². The van der Waals surface area contributed by atoms with Crippen molar-refractivity contribution in [1.29, 1.82) is 0 Å². The van der Waals surface area contributed by atoms with Gasteiger partial charge < -0.3 is 9.84 Å². The number of hydrogen-bond acceptors (Lipinski definition) is 2. The molecule has 0 saturated heterocycles. The van der Waals surface area contributed by atoms with Gasteiger partial charge in [-0.1, -0.05) is 30.3 Å². The van der Waals surface area contributed by atoms with Crippen LogP contribution < -0.4 is 4.74 Å². The zero-order valence-corrected chi connectivity index (χ0v) is 11.9. The van der Waals surface area contributed by atoms with E-state index in [1.54, 1.807) is 7.11 Å². The maximum atomic E-state index is 10.6.